The Balaban J connectivity index is 2.38. The highest BCUT2D eigenvalue weighted by Crippen LogP contribution is 2.31. The van der Waals surface area contributed by atoms with Crippen LogP contribution in [0.4, 0.5) is 11.4 Å². The van der Waals surface area contributed by atoms with E-state index in [4.69, 9.17) is 17.3 Å². The number of phenolic OH excluding ortho intramolecular Hbond substituents is 1. The van der Waals surface area contributed by atoms with Gasteiger partial charge in [0, 0.05) is 16.3 Å². The van der Waals surface area contributed by atoms with Crippen molar-refractivity contribution in [2.24, 2.45) is 4.99 Å². The number of rotatable bonds is 2. The van der Waals surface area contributed by atoms with E-state index in [0.717, 1.165) is 10.0 Å². The minimum absolute atomic E-state index is 0.000648. The number of nitrogen functional groups attached to an aromatic ring is 1. The molecule has 0 saturated carbocycles. The smallest absolute Gasteiger partial charge is 0.143 e. The van der Waals surface area contributed by atoms with E-state index in [-0.39, 0.29) is 10.8 Å². The van der Waals surface area contributed by atoms with Crippen molar-refractivity contribution in [1.29, 1.82) is 0 Å². The lowest BCUT2D eigenvalue weighted by Crippen LogP contribution is -1.88. The van der Waals surface area contributed by atoms with Gasteiger partial charge in [0.05, 0.1) is 16.4 Å². The van der Waals surface area contributed by atoms with Crippen molar-refractivity contribution in [3.05, 3.63) is 51.0 Å². The van der Waals surface area contributed by atoms with Crippen molar-refractivity contribution in [1.82, 2.24) is 0 Å². The summed E-state index contributed by atoms with van der Waals surface area (Å²) in [5.41, 5.74) is 8.72. The van der Waals surface area contributed by atoms with Crippen molar-refractivity contribution in [2.45, 2.75) is 6.92 Å². The lowest BCUT2D eigenvalue weighted by atomic mass is 10.2. The number of nitrogens with zero attached hydrogens (tertiary/aromatic N) is 1. The van der Waals surface area contributed by atoms with Crippen LogP contribution in [0.3, 0.4) is 0 Å². The molecule has 0 unspecified atom stereocenters. The van der Waals surface area contributed by atoms with Crippen molar-refractivity contribution in [3.63, 3.8) is 0 Å². The molecule has 0 atom stereocenters. The highest BCUT2D eigenvalue weighted by Gasteiger charge is 2.06. The molecule has 0 saturated heterocycles. The van der Waals surface area contributed by atoms with Crippen LogP contribution in [0.5, 0.6) is 5.75 Å². The number of halogens is 2. The molecule has 19 heavy (non-hydrogen) atoms. The van der Waals surface area contributed by atoms with E-state index in [2.05, 4.69) is 20.9 Å². The van der Waals surface area contributed by atoms with Crippen molar-refractivity contribution in [3.8, 4) is 5.75 Å². The molecule has 0 aliphatic rings. The van der Waals surface area contributed by atoms with E-state index < -0.39 is 0 Å². The van der Waals surface area contributed by atoms with Crippen LogP contribution in [0.15, 0.2) is 39.8 Å². The van der Waals surface area contributed by atoms with Gasteiger partial charge in [0.2, 0.25) is 0 Å². The molecule has 0 aliphatic heterocycles. The van der Waals surface area contributed by atoms with Gasteiger partial charge >= 0.3 is 0 Å². The molecule has 0 aliphatic carbocycles. The van der Waals surface area contributed by atoms with Crippen LogP contribution in [0.2, 0.25) is 5.02 Å². The Morgan fingerprint density at radius 1 is 1.32 bits per heavy atom. The number of aryl methyl sites for hydroxylation is 1. The second-order valence-corrected chi connectivity index (χ2v) is 5.47. The molecule has 0 fully saturated rings. The molecule has 98 valence electrons. The molecular weight excluding hydrogens is 328 g/mol. The highest BCUT2D eigenvalue weighted by molar-refractivity contribution is 9.10. The zero-order valence-electron chi connectivity index (χ0n) is 10.2. The number of hydrogen-bond acceptors (Lipinski definition) is 3. The lowest BCUT2D eigenvalue weighted by Gasteiger charge is -2.04. The number of aromatic hydroxyl groups is 1. The topological polar surface area (TPSA) is 58.6 Å². The minimum atomic E-state index is -0.000648. The maximum atomic E-state index is 9.84. The van der Waals surface area contributed by atoms with E-state index in [1.54, 1.807) is 12.1 Å². The Morgan fingerprint density at radius 2 is 2.05 bits per heavy atom. The SMILES string of the molecule is Cc1ccc(N=Cc2cc(Br)cc(Cl)c2O)c(N)c1. The van der Waals surface area contributed by atoms with E-state index in [1.165, 1.54) is 6.21 Å². The Morgan fingerprint density at radius 3 is 2.74 bits per heavy atom. The molecule has 3 N–H and O–H groups in total. The molecule has 5 heteroatoms. The fraction of sp³-hybridized carbons (Fsp3) is 0.0714. The summed E-state index contributed by atoms with van der Waals surface area (Å²) in [6.07, 6.45) is 1.53. The van der Waals surface area contributed by atoms with Crippen LogP contribution in [-0.2, 0) is 0 Å². The number of anilines is 1. The van der Waals surface area contributed by atoms with Gasteiger partial charge in [-0.2, -0.15) is 0 Å². The molecule has 0 heterocycles. The largest absolute Gasteiger partial charge is 0.506 e. The van der Waals surface area contributed by atoms with Gasteiger partial charge < -0.3 is 10.8 Å². The predicted molar refractivity (Wildman–Crippen MR) is 83.7 cm³/mol. The van der Waals surface area contributed by atoms with E-state index in [0.29, 0.717) is 16.9 Å². The summed E-state index contributed by atoms with van der Waals surface area (Å²) in [5.74, 6) is -0.000648. The second-order valence-electron chi connectivity index (χ2n) is 4.15. The summed E-state index contributed by atoms with van der Waals surface area (Å²) < 4.78 is 0.772. The molecule has 3 nitrogen and oxygen atoms in total. The minimum Gasteiger partial charge on any atom is -0.506 e. The van der Waals surface area contributed by atoms with Crippen LogP contribution in [0.25, 0.3) is 0 Å². The number of benzene rings is 2. The third-order valence-electron chi connectivity index (χ3n) is 2.58. The Bertz CT molecular complexity index is 656. The maximum Gasteiger partial charge on any atom is 0.143 e. The fourth-order valence-electron chi connectivity index (χ4n) is 1.61. The van der Waals surface area contributed by atoms with Crippen LogP contribution < -0.4 is 5.73 Å². The number of hydrogen-bond donors (Lipinski definition) is 2. The van der Waals surface area contributed by atoms with Gasteiger partial charge in [-0.25, -0.2) is 0 Å². The first kappa shape index (κ1) is 13.9. The molecule has 2 rings (SSSR count). The molecular formula is C14H12BrClN2O. The zero-order valence-corrected chi connectivity index (χ0v) is 12.5. The van der Waals surface area contributed by atoms with Gasteiger partial charge in [-0.3, -0.25) is 4.99 Å². The third kappa shape index (κ3) is 3.28. The molecule has 2 aromatic rings. The maximum absolute atomic E-state index is 9.84. The number of nitrogens with two attached hydrogens (primary N) is 1. The number of aliphatic imine (C=N–C) groups is 1. The summed E-state index contributed by atoms with van der Waals surface area (Å²) in [6, 6.07) is 8.96. The summed E-state index contributed by atoms with van der Waals surface area (Å²) in [7, 11) is 0. The Hall–Kier alpha value is -1.52. The summed E-state index contributed by atoms with van der Waals surface area (Å²) in [5, 5.41) is 10.1. The van der Waals surface area contributed by atoms with E-state index >= 15 is 0 Å². The van der Waals surface area contributed by atoms with Gasteiger partial charge in [0.1, 0.15) is 5.75 Å². The summed E-state index contributed by atoms with van der Waals surface area (Å²) >= 11 is 9.20. The van der Waals surface area contributed by atoms with Gasteiger partial charge in [0.15, 0.2) is 0 Å². The third-order valence-corrected chi connectivity index (χ3v) is 3.33. The van der Waals surface area contributed by atoms with Crippen LogP contribution in [-0.4, -0.2) is 11.3 Å². The number of phenols is 1. The van der Waals surface area contributed by atoms with Crippen molar-refractivity contribution in [2.75, 3.05) is 5.73 Å². The van der Waals surface area contributed by atoms with Crippen LogP contribution in [0.1, 0.15) is 11.1 Å². The Kier molecular flexibility index (Phi) is 4.12. The van der Waals surface area contributed by atoms with Gasteiger partial charge in [0.25, 0.3) is 0 Å². The molecule has 0 amide bonds. The average Bonchev–Trinajstić information content (AvgIpc) is 2.33. The fourth-order valence-corrected chi connectivity index (χ4v) is 2.45. The molecule has 0 aromatic heterocycles. The molecule has 0 spiro atoms. The monoisotopic (exact) mass is 338 g/mol. The summed E-state index contributed by atoms with van der Waals surface area (Å²) in [6.45, 7) is 1.96. The van der Waals surface area contributed by atoms with E-state index in [9.17, 15) is 5.11 Å². The van der Waals surface area contributed by atoms with Crippen LogP contribution in [0, 0.1) is 6.92 Å². The molecule has 0 bridgehead atoms. The zero-order chi connectivity index (χ0) is 14.0. The van der Waals surface area contributed by atoms with Crippen LogP contribution >= 0.6 is 27.5 Å². The quantitative estimate of drug-likeness (QED) is 0.627. The normalized spacial score (nSPS) is 11.1. The second kappa shape index (κ2) is 5.63. The van der Waals surface area contributed by atoms with Gasteiger partial charge in [-0.05, 0) is 36.8 Å². The predicted octanol–water partition coefficient (Wildman–Crippen LogP) is 4.45. The van der Waals surface area contributed by atoms with Gasteiger partial charge in [-0.1, -0.05) is 33.6 Å². The first-order valence-electron chi connectivity index (χ1n) is 5.55. The average molecular weight is 340 g/mol. The standard InChI is InChI=1S/C14H12BrClN2O/c1-8-2-3-13(12(17)4-8)18-7-9-5-10(15)6-11(16)14(9)19/h2-7,19H,17H2,1H3. The first-order chi connectivity index (χ1) is 8.97. The lowest BCUT2D eigenvalue weighted by molar-refractivity contribution is 0.474. The van der Waals surface area contributed by atoms with Crippen molar-refractivity contribution < 1.29 is 5.11 Å². The highest BCUT2D eigenvalue weighted by atomic mass is 79.9. The van der Waals surface area contributed by atoms with Gasteiger partial charge in [-0.15, -0.1) is 0 Å². The molecule has 0 radical (unpaired) electrons. The Labute approximate surface area is 124 Å². The van der Waals surface area contributed by atoms with E-state index in [1.807, 2.05) is 25.1 Å². The van der Waals surface area contributed by atoms with Crippen molar-refractivity contribution >= 4 is 45.1 Å². The summed E-state index contributed by atoms with van der Waals surface area (Å²) in [4.78, 5) is 4.27. The molecule has 2 aromatic carbocycles. The first-order valence-corrected chi connectivity index (χ1v) is 6.72.